The van der Waals surface area contributed by atoms with Gasteiger partial charge in [0.05, 0.1) is 0 Å². The SMILES string of the molecule is CC(CC(=O)NN)Sc1cccc(F)c1. The Balaban J connectivity index is 2.51. The van der Waals surface area contributed by atoms with Crippen molar-refractivity contribution in [1.82, 2.24) is 5.43 Å². The van der Waals surface area contributed by atoms with E-state index in [-0.39, 0.29) is 17.0 Å². The highest BCUT2D eigenvalue weighted by Gasteiger charge is 2.09. The molecule has 0 bridgehead atoms. The zero-order valence-electron chi connectivity index (χ0n) is 8.37. The first kappa shape index (κ1) is 12.0. The van der Waals surface area contributed by atoms with Gasteiger partial charge in [-0.3, -0.25) is 10.2 Å². The fraction of sp³-hybridized carbons (Fsp3) is 0.300. The molecule has 0 aliphatic rings. The van der Waals surface area contributed by atoms with Gasteiger partial charge in [0.1, 0.15) is 5.82 Å². The van der Waals surface area contributed by atoms with E-state index in [1.807, 2.05) is 13.0 Å². The highest BCUT2D eigenvalue weighted by molar-refractivity contribution is 8.00. The van der Waals surface area contributed by atoms with E-state index in [0.717, 1.165) is 4.90 Å². The average Bonchev–Trinajstić information content (AvgIpc) is 2.17. The zero-order chi connectivity index (χ0) is 11.3. The van der Waals surface area contributed by atoms with E-state index in [9.17, 15) is 9.18 Å². The van der Waals surface area contributed by atoms with Crippen LogP contribution in [0.2, 0.25) is 0 Å². The van der Waals surface area contributed by atoms with Crippen LogP contribution in [0.15, 0.2) is 29.2 Å². The van der Waals surface area contributed by atoms with Crippen LogP contribution in [0.1, 0.15) is 13.3 Å². The maximum absolute atomic E-state index is 12.8. The fourth-order valence-electron chi connectivity index (χ4n) is 1.13. The summed E-state index contributed by atoms with van der Waals surface area (Å²) in [6, 6.07) is 6.29. The number of carbonyl (C=O) groups is 1. The third-order valence-corrected chi connectivity index (χ3v) is 2.86. The van der Waals surface area contributed by atoms with Gasteiger partial charge in [0.2, 0.25) is 5.91 Å². The largest absolute Gasteiger partial charge is 0.294 e. The third kappa shape index (κ3) is 4.31. The number of nitrogens with two attached hydrogens (primary N) is 1. The van der Waals surface area contributed by atoms with Crippen LogP contribution in [0.3, 0.4) is 0 Å². The third-order valence-electron chi connectivity index (χ3n) is 1.77. The van der Waals surface area contributed by atoms with E-state index in [2.05, 4.69) is 5.43 Å². The van der Waals surface area contributed by atoms with Crippen molar-refractivity contribution in [3.63, 3.8) is 0 Å². The maximum atomic E-state index is 12.8. The van der Waals surface area contributed by atoms with Crippen molar-refractivity contribution in [2.45, 2.75) is 23.5 Å². The van der Waals surface area contributed by atoms with Crippen LogP contribution in [0.5, 0.6) is 0 Å². The molecule has 1 aromatic rings. The highest BCUT2D eigenvalue weighted by atomic mass is 32.2. The van der Waals surface area contributed by atoms with Gasteiger partial charge in [-0.15, -0.1) is 11.8 Å². The van der Waals surface area contributed by atoms with Gasteiger partial charge in [-0.25, -0.2) is 10.2 Å². The summed E-state index contributed by atoms with van der Waals surface area (Å²) in [5.41, 5.74) is 2.07. The van der Waals surface area contributed by atoms with Gasteiger partial charge in [-0.2, -0.15) is 0 Å². The summed E-state index contributed by atoms with van der Waals surface area (Å²) in [6.07, 6.45) is 0.317. The second-order valence-corrected chi connectivity index (χ2v) is 4.67. The number of thioether (sulfide) groups is 1. The number of hydrogen-bond donors (Lipinski definition) is 2. The molecular formula is C10H13FN2OS. The maximum Gasteiger partial charge on any atom is 0.234 e. The minimum absolute atomic E-state index is 0.0651. The van der Waals surface area contributed by atoms with Crippen molar-refractivity contribution in [3.8, 4) is 0 Å². The number of hydrazine groups is 1. The van der Waals surface area contributed by atoms with Crippen LogP contribution in [0.4, 0.5) is 4.39 Å². The quantitative estimate of drug-likeness (QED) is 0.357. The molecule has 1 atom stereocenters. The van der Waals surface area contributed by atoms with E-state index in [1.165, 1.54) is 23.9 Å². The minimum atomic E-state index is -0.268. The van der Waals surface area contributed by atoms with Crippen molar-refractivity contribution >= 4 is 17.7 Å². The van der Waals surface area contributed by atoms with Crippen molar-refractivity contribution in [2.75, 3.05) is 0 Å². The molecule has 0 aliphatic carbocycles. The van der Waals surface area contributed by atoms with Gasteiger partial charge in [-0.05, 0) is 18.2 Å². The van der Waals surface area contributed by atoms with E-state index < -0.39 is 0 Å². The zero-order valence-corrected chi connectivity index (χ0v) is 9.18. The standard InChI is InChI=1S/C10H13FN2OS/c1-7(5-10(14)13-12)15-9-4-2-3-8(11)6-9/h2-4,6-7H,5,12H2,1H3,(H,13,14). The Labute approximate surface area is 92.2 Å². The topological polar surface area (TPSA) is 55.1 Å². The number of amides is 1. The van der Waals surface area contributed by atoms with E-state index in [4.69, 9.17) is 5.84 Å². The molecule has 15 heavy (non-hydrogen) atoms. The summed E-state index contributed by atoms with van der Waals surface area (Å²) in [5, 5.41) is 0.0651. The molecule has 3 N–H and O–H groups in total. The van der Waals surface area contributed by atoms with Crippen LogP contribution < -0.4 is 11.3 Å². The lowest BCUT2D eigenvalue weighted by Crippen LogP contribution is -2.31. The molecule has 0 radical (unpaired) electrons. The number of benzene rings is 1. The summed E-state index contributed by atoms with van der Waals surface area (Å²) in [4.78, 5) is 11.8. The predicted octanol–water partition coefficient (Wildman–Crippen LogP) is 1.69. The summed E-state index contributed by atoms with van der Waals surface area (Å²) >= 11 is 1.45. The number of halogens is 1. The van der Waals surface area contributed by atoms with Crippen molar-refractivity contribution in [3.05, 3.63) is 30.1 Å². The molecule has 82 valence electrons. The molecular weight excluding hydrogens is 215 g/mol. The smallest absolute Gasteiger partial charge is 0.234 e. The highest BCUT2D eigenvalue weighted by Crippen LogP contribution is 2.25. The molecule has 0 heterocycles. The van der Waals surface area contributed by atoms with Crippen molar-refractivity contribution in [1.29, 1.82) is 0 Å². The summed E-state index contributed by atoms with van der Waals surface area (Å²) in [5.74, 6) is 4.48. The molecule has 1 aromatic carbocycles. The Hall–Kier alpha value is -1.07. The van der Waals surface area contributed by atoms with E-state index >= 15 is 0 Å². The molecule has 3 nitrogen and oxygen atoms in total. The first-order chi connectivity index (χ1) is 7.11. The van der Waals surface area contributed by atoms with Crippen LogP contribution in [0.25, 0.3) is 0 Å². The average molecular weight is 228 g/mol. The Bertz CT molecular complexity index is 346. The first-order valence-corrected chi connectivity index (χ1v) is 5.41. The molecule has 0 spiro atoms. The van der Waals surface area contributed by atoms with Gasteiger partial charge in [0, 0.05) is 16.6 Å². The molecule has 0 fully saturated rings. The predicted molar refractivity (Wildman–Crippen MR) is 58.7 cm³/mol. The van der Waals surface area contributed by atoms with Gasteiger partial charge < -0.3 is 0 Å². The lowest BCUT2D eigenvalue weighted by atomic mass is 10.3. The second-order valence-electron chi connectivity index (χ2n) is 3.16. The molecule has 0 saturated heterocycles. The van der Waals surface area contributed by atoms with Gasteiger partial charge in [0.25, 0.3) is 0 Å². The monoisotopic (exact) mass is 228 g/mol. The lowest BCUT2D eigenvalue weighted by Gasteiger charge is -2.09. The Morgan fingerprint density at radius 2 is 2.40 bits per heavy atom. The molecule has 1 unspecified atom stereocenters. The number of carbonyl (C=O) groups excluding carboxylic acids is 1. The molecule has 1 amide bonds. The molecule has 5 heteroatoms. The summed E-state index contributed by atoms with van der Waals surface area (Å²) in [6.45, 7) is 1.89. The number of rotatable bonds is 4. The Kier molecular flexibility index (Phi) is 4.58. The van der Waals surface area contributed by atoms with Gasteiger partial charge in [-0.1, -0.05) is 13.0 Å². The number of hydrogen-bond acceptors (Lipinski definition) is 3. The molecule has 1 rings (SSSR count). The van der Waals surface area contributed by atoms with Gasteiger partial charge >= 0.3 is 0 Å². The molecule has 0 aliphatic heterocycles. The van der Waals surface area contributed by atoms with Crippen LogP contribution in [0, 0.1) is 5.82 Å². The van der Waals surface area contributed by atoms with Crippen LogP contribution >= 0.6 is 11.8 Å². The van der Waals surface area contributed by atoms with E-state index in [0.29, 0.717) is 6.42 Å². The fourth-order valence-corrected chi connectivity index (χ4v) is 2.17. The minimum Gasteiger partial charge on any atom is -0.294 e. The van der Waals surface area contributed by atoms with Crippen LogP contribution in [-0.4, -0.2) is 11.2 Å². The lowest BCUT2D eigenvalue weighted by molar-refractivity contribution is -0.121. The number of nitrogens with one attached hydrogen (secondary N) is 1. The Morgan fingerprint density at radius 1 is 1.67 bits per heavy atom. The summed E-state index contributed by atoms with van der Waals surface area (Å²) in [7, 11) is 0. The second kappa shape index (κ2) is 5.72. The van der Waals surface area contributed by atoms with Crippen molar-refractivity contribution < 1.29 is 9.18 Å². The normalized spacial score (nSPS) is 12.2. The summed E-state index contributed by atoms with van der Waals surface area (Å²) < 4.78 is 12.8. The van der Waals surface area contributed by atoms with E-state index in [1.54, 1.807) is 6.07 Å². The first-order valence-electron chi connectivity index (χ1n) is 4.53. The Morgan fingerprint density at radius 3 is 3.00 bits per heavy atom. The molecule has 0 saturated carbocycles. The molecule has 0 aromatic heterocycles. The van der Waals surface area contributed by atoms with Crippen molar-refractivity contribution in [2.24, 2.45) is 5.84 Å². The van der Waals surface area contributed by atoms with Crippen LogP contribution in [-0.2, 0) is 4.79 Å². The van der Waals surface area contributed by atoms with Gasteiger partial charge in [0.15, 0.2) is 0 Å².